The highest BCUT2D eigenvalue weighted by molar-refractivity contribution is 5.41. The number of aryl methyl sites for hydroxylation is 2. The fourth-order valence-electron chi connectivity index (χ4n) is 1.91. The quantitative estimate of drug-likeness (QED) is 0.712. The molecule has 1 aromatic carbocycles. The lowest BCUT2D eigenvalue weighted by Gasteiger charge is -2.18. The summed E-state index contributed by atoms with van der Waals surface area (Å²) in [4.78, 5) is 0. The maximum Gasteiger partial charge on any atom is 0.125 e. The molecular weight excluding hydrogens is 196 g/mol. The predicted molar refractivity (Wildman–Crippen MR) is 70.2 cm³/mol. The second kappa shape index (κ2) is 7.32. The van der Waals surface area contributed by atoms with E-state index < -0.39 is 0 Å². The first kappa shape index (κ1) is 13.1. The number of ether oxygens (including phenoxy) is 1. The van der Waals surface area contributed by atoms with Crippen LogP contribution in [0.3, 0.4) is 0 Å². The number of fused-ring (bicyclic) bond motifs is 1. The summed E-state index contributed by atoms with van der Waals surface area (Å²) in [5.41, 5.74) is 2.64. The highest BCUT2D eigenvalue weighted by Gasteiger charge is 2.10. The van der Waals surface area contributed by atoms with Crippen molar-refractivity contribution < 1.29 is 4.74 Å². The number of rotatable bonds is 2. The van der Waals surface area contributed by atoms with E-state index in [9.17, 15) is 0 Å². The molecule has 1 heteroatoms. The second-order valence-corrected chi connectivity index (χ2v) is 4.37. The summed E-state index contributed by atoms with van der Waals surface area (Å²) in [6.45, 7) is 7.41. The van der Waals surface area contributed by atoms with Gasteiger partial charge in [-0.2, -0.15) is 0 Å². The van der Waals surface area contributed by atoms with E-state index in [1.54, 1.807) is 0 Å². The van der Waals surface area contributed by atoms with Crippen molar-refractivity contribution in [1.29, 1.82) is 0 Å². The third-order valence-electron chi connectivity index (χ3n) is 2.84. The molecule has 16 heavy (non-hydrogen) atoms. The Balaban J connectivity index is 0.000000221. The van der Waals surface area contributed by atoms with Crippen LogP contribution in [0, 0.1) is 6.92 Å². The molecule has 0 N–H and O–H groups in total. The zero-order valence-electron chi connectivity index (χ0n) is 10.9. The summed E-state index contributed by atoms with van der Waals surface area (Å²) in [5.74, 6) is 1.12. The second-order valence-electron chi connectivity index (χ2n) is 4.37. The predicted octanol–water partition coefficient (Wildman–Crippen LogP) is 4.52. The van der Waals surface area contributed by atoms with Gasteiger partial charge >= 0.3 is 0 Å². The van der Waals surface area contributed by atoms with Crippen LogP contribution in [0.1, 0.15) is 50.7 Å². The first-order chi connectivity index (χ1) is 7.79. The van der Waals surface area contributed by atoms with Gasteiger partial charge in [-0.3, -0.25) is 0 Å². The molecule has 1 heterocycles. The fraction of sp³-hybridized carbons (Fsp3) is 0.600. The van der Waals surface area contributed by atoms with Gasteiger partial charge in [-0.25, -0.2) is 0 Å². The molecule has 0 saturated carbocycles. The Hall–Kier alpha value is -0.980. The zero-order chi connectivity index (χ0) is 11.8. The van der Waals surface area contributed by atoms with Crippen LogP contribution in [0.25, 0.3) is 0 Å². The zero-order valence-corrected chi connectivity index (χ0v) is 10.9. The van der Waals surface area contributed by atoms with Gasteiger partial charge in [0, 0.05) is 0 Å². The minimum Gasteiger partial charge on any atom is -0.493 e. The van der Waals surface area contributed by atoms with E-state index in [-0.39, 0.29) is 0 Å². The van der Waals surface area contributed by atoms with Crippen molar-refractivity contribution in [3.05, 3.63) is 29.3 Å². The minimum atomic E-state index is 0.887. The Morgan fingerprint density at radius 3 is 2.50 bits per heavy atom. The van der Waals surface area contributed by atoms with Crippen LogP contribution >= 0.6 is 0 Å². The Morgan fingerprint density at radius 2 is 1.94 bits per heavy atom. The average Bonchev–Trinajstić information content (AvgIpc) is 2.32. The Kier molecular flexibility index (Phi) is 5.99. The lowest BCUT2D eigenvalue weighted by molar-refractivity contribution is 0.286. The van der Waals surface area contributed by atoms with Crippen LogP contribution in [0.5, 0.6) is 5.75 Å². The van der Waals surface area contributed by atoms with Gasteiger partial charge in [-0.05, 0) is 30.9 Å². The first-order valence-corrected chi connectivity index (χ1v) is 6.50. The van der Waals surface area contributed by atoms with Gasteiger partial charge in [-0.15, -0.1) is 0 Å². The van der Waals surface area contributed by atoms with E-state index in [0.29, 0.717) is 0 Å². The topological polar surface area (TPSA) is 9.23 Å². The van der Waals surface area contributed by atoms with Gasteiger partial charge in [-0.1, -0.05) is 51.3 Å². The van der Waals surface area contributed by atoms with E-state index in [1.807, 2.05) is 0 Å². The van der Waals surface area contributed by atoms with Crippen LogP contribution in [0.2, 0.25) is 0 Å². The number of hydrogen-bond donors (Lipinski definition) is 0. The summed E-state index contributed by atoms with van der Waals surface area (Å²) in [7, 11) is 0. The summed E-state index contributed by atoms with van der Waals surface area (Å²) >= 11 is 0. The van der Waals surface area contributed by atoms with E-state index in [4.69, 9.17) is 4.74 Å². The molecule has 0 fully saturated rings. The highest BCUT2D eigenvalue weighted by Crippen LogP contribution is 2.27. The highest BCUT2D eigenvalue weighted by atomic mass is 16.5. The van der Waals surface area contributed by atoms with Gasteiger partial charge in [0.15, 0.2) is 0 Å². The molecule has 0 bridgehead atoms. The molecule has 1 aliphatic rings. The minimum absolute atomic E-state index is 0.887. The third kappa shape index (κ3) is 3.88. The van der Waals surface area contributed by atoms with Crippen molar-refractivity contribution in [1.82, 2.24) is 0 Å². The molecule has 2 rings (SSSR count). The van der Waals surface area contributed by atoms with Crippen LogP contribution in [0.15, 0.2) is 18.2 Å². The standard InChI is InChI=1S/C10H12O.C5H12/c1-8-4-2-5-9-6-3-7-11-10(8)9;1-3-5-4-2/h2,4-5H,3,6-7H2,1H3;3-5H2,1-2H3. The van der Waals surface area contributed by atoms with Crippen LogP contribution in [0.4, 0.5) is 0 Å². The van der Waals surface area contributed by atoms with Gasteiger partial charge < -0.3 is 4.74 Å². The molecule has 1 nitrogen and oxygen atoms in total. The van der Waals surface area contributed by atoms with E-state index >= 15 is 0 Å². The molecule has 90 valence electrons. The van der Waals surface area contributed by atoms with Crippen molar-refractivity contribution in [3.63, 3.8) is 0 Å². The largest absolute Gasteiger partial charge is 0.493 e. The van der Waals surface area contributed by atoms with E-state index in [1.165, 1.54) is 36.8 Å². The summed E-state index contributed by atoms with van der Waals surface area (Å²) < 4.78 is 5.55. The van der Waals surface area contributed by atoms with Crippen molar-refractivity contribution in [2.45, 2.75) is 52.9 Å². The maximum atomic E-state index is 5.55. The van der Waals surface area contributed by atoms with E-state index in [2.05, 4.69) is 39.0 Å². The van der Waals surface area contributed by atoms with Crippen molar-refractivity contribution in [2.24, 2.45) is 0 Å². The summed E-state index contributed by atoms with van der Waals surface area (Å²) in [6, 6.07) is 6.36. The van der Waals surface area contributed by atoms with Crippen molar-refractivity contribution in [3.8, 4) is 5.75 Å². The molecule has 0 saturated heterocycles. The van der Waals surface area contributed by atoms with Crippen LogP contribution in [-0.2, 0) is 6.42 Å². The molecule has 0 unspecified atom stereocenters. The molecule has 0 aliphatic carbocycles. The van der Waals surface area contributed by atoms with Gasteiger partial charge in [0.1, 0.15) is 5.75 Å². The molecular formula is C15H24O. The maximum absolute atomic E-state index is 5.55. The third-order valence-corrected chi connectivity index (χ3v) is 2.84. The fourth-order valence-corrected chi connectivity index (χ4v) is 1.91. The number of unbranched alkanes of at least 4 members (excludes halogenated alkanes) is 2. The lowest BCUT2D eigenvalue weighted by atomic mass is 10.0. The number of benzene rings is 1. The molecule has 0 aromatic heterocycles. The molecule has 0 spiro atoms. The smallest absolute Gasteiger partial charge is 0.125 e. The van der Waals surface area contributed by atoms with Gasteiger partial charge in [0.2, 0.25) is 0 Å². The number of hydrogen-bond acceptors (Lipinski definition) is 1. The SMILES string of the molecule is CCCCC.Cc1cccc2c1OCCC2. The van der Waals surface area contributed by atoms with E-state index in [0.717, 1.165) is 18.8 Å². The summed E-state index contributed by atoms with van der Waals surface area (Å²) in [6.07, 6.45) is 6.42. The Labute approximate surface area is 99.8 Å². The molecule has 0 radical (unpaired) electrons. The Morgan fingerprint density at radius 1 is 1.19 bits per heavy atom. The molecule has 1 aromatic rings. The number of para-hydroxylation sites is 1. The van der Waals surface area contributed by atoms with Gasteiger partial charge in [0.05, 0.1) is 6.61 Å². The van der Waals surface area contributed by atoms with Crippen molar-refractivity contribution >= 4 is 0 Å². The Bertz CT molecular complexity index is 302. The summed E-state index contributed by atoms with van der Waals surface area (Å²) in [5, 5.41) is 0. The molecule has 0 amide bonds. The first-order valence-electron chi connectivity index (χ1n) is 6.50. The molecule has 0 atom stereocenters. The average molecular weight is 220 g/mol. The lowest BCUT2D eigenvalue weighted by Crippen LogP contribution is -2.09. The van der Waals surface area contributed by atoms with Gasteiger partial charge in [0.25, 0.3) is 0 Å². The van der Waals surface area contributed by atoms with Crippen LogP contribution < -0.4 is 4.74 Å². The normalized spacial score (nSPS) is 13.2. The van der Waals surface area contributed by atoms with Crippen LogP contribution in [-0.4, -0.2) is 6.61 Å². The molecule has 1 aliphatic heterocycles. The monoisotopic (exact) mass is 220 g/mol. The van der Waals surface area contributed by atoms with Crippen molar-refractivity contribution in [2.75, 3.05) is 6.61 Å².